The number of ketones is 1. The van der Waals surface area contributed by atoms with E-state index in [2.05, 4.69) is 10.3 Å². The summed E-state index contributed by atoms with van der Waals surface area (Å²) in [4.78, 5) is 27.7. The Bertz CT molecular complexity index is 662. The number of ether oxygens (including phenoxy) is 1. The lowest BCUT2D eigenvalue weighted by atomic mass is 10.0. The number of carbonyl (C=O) groups excluding carboxylic acids is 2. The van der Waals surface area contributed by atoms with Gasteiger partial charge in [-0.15, -0.1) is 0 Å². The number of hydrogen-bond donors (Lipinski definition) is 2. The quantitative estimate of drug-likeness (QED) is 0.540. The maximum Gasteiger partial charge on any atom is 0.407 e. The van der Waals surface area contributed by atoms with Gasteiger partial charge < -0.3 is 15.8 Å². The number of nitrogens with one attached hydrogen (secondary N) is 1. The molecule has 6 heteroatoms. The zero-order valence-corrected chi connectivity index (χ0v) is 14.1. The summed E-state index contributed by atoms with van der Waals surface area (Å²) in [6.45, 7) is 0.730. The number of carbonyl (C=O) groups is 2. The number of Topliss-reactive ketones (excluding diaryl/α,β-unsaturated/α-hetero) is 1. The Morgan fingerprint density at radius 1 is 1.08 bits per heavy atom. The first-order valence-corrected chi connectivity index (χ1v) is 8.32. The molecule has 25 heavy (non-hydrogen) atoms. The second-order valence-electron chi connectivity index (χ2n) is 5.67. The third kappa shape index (κ3) is 6.73. The molecule has 6 nitrogen and oxygen atoms in total. The number of nitrogens with two attached hydrogens (primary N) is 1. The molecular weight excluding hydrogens is 318 g/mol. The Balaban J connectivity index is 1.56. The standard InChI is InChI=1S/C19H23N3O3/c20-16(18(23)17-11-5-7-12-21-17)10-4-6-13-22-19(24)25-14-15-8-2-1-3-9-15/h1-3,5,7-9,11-12,16H,4,6,10,13-14,20H2,(H,22,24). The molecule has 132 valence electrons. The molecule has 1 aromatic carbocycles. The highest BCUT2D eigenvalue weighted by atomic mass is 16.5. The highest BCUT2D eigenvalue weighted by Gasteiger charge is 2.16. The van der Waals surface area contributed by atoms with Gasteiger partial charge in [0.15, 0.2) is 5.78 Å². The van der Waals surface area contributed by atoms with Crippen molar-refractivity contribution in [3.05, 3.63) is 66.0 Å². The number of amides is 1. The van der Waals surface area contributed by atoms with Crippen molar-refractivity contribution in [1.82, 2.24) is 10.3 Å². The fraction of sp³-hybridized carbons (Fsp3) is 0.316. The van der Waals surface area contributed by atoms with Gasteiger partial charge >= 0.3 is 6.09 Å². The van der Waals surface area contributed by atoms with Crippen LogP contribution in [0.2, 0.25) is 0 Å². The van der Waals surface area contributed by atoms with Crippen molar-refractivity contribution >= 4 is 11.9 Å². The molecule has 1 atom stereocenters. The van der Waals surface area contributed by atoms with Gasteiger partial charge in [-0.05, 0) is 37.0 Å². The van der Waals surface area contributed by atoms with Crippen LogP contribution in [0, 0.1) is 0 Å². The summed E-state index contributed by atoms with van der Waals surface area (Å²) >= 11 is 0. The first-order chi connectivity index (χ1) is 12.2. The van der Waals surface area contributed by atoms with E-state index in [1.807, 2.05) is 30.3 Å². The predicted molar refractivity (Wildman–Crippen MR) is 95.0 cm³/mol. The monoisotopic (exact) mass is 341 g/mol. The molecule has 1 amide bonds. The number of hydrogen-bond acceptors (Lipinski definition) is 5. The summed E-state index contributed by atoms with van der Waals surface area (Å²) in [5, 5.41) is 2.69. The summed E-state index contributed by atoms with van der Waals surface area (Å²) in [5.41, 5.74) is 7.23. The van der Waals surface area contributed by atoms with Crippen LogP contribution in [-0.2, 0) is 11.3 Å². The molecule has 0 aliphatic rings. The molecule has 0 saturated carbocycles. The van der Waals surface area contributed by atoms with Gasteiger partial charge in [-0.3, -0.25) is 9.78 Å². The van der Waals surface area contributed by atoms with E-state index in [-0.39, 0.29) is 12.4 Å². The van der Waals surface area contributed by atoms with Crippen molar-refractivity contribution in [3.8, 4) is 0 Å². The van der Waals surface area contributed by atoms with Crippen LogP contribution in [0.5, 0.6) is 0 Å². The normalized spacial score (nSPS) is 11.6. The van der Waals surface area contributed by atoms with Gasteiger partial charge in [0.1, 0.15) is 12.3 Å². The molecule has 1 aromatic heterocycles. The SMILES string of the molecule is NC(CCCCNC(=O)OCc1ccccc1)C(=O)c1ccccn1. The number of rotatable bonds is 9. The molecule has 0 aliphatic heterocycles. The number of pyridine rings is 1. The van der Waals surface area contributed by atoms with Crippen molar-refractivity contribution < 1.29 is 14.3 Å². The smallest absolute Gasteiger partial charge is 0.407 e. The summed E-state index contributed by atoms with van der Waals surface area (Å²) in [5.74, 6) is -0.157. The fourth-order valence-electron chi connectivity index (χ4n) is 2.28. The first kappa shape index (κ1) is 18.6. The van der Waals surface area contributed by atoms with Crippen LogP contribution in [0.4, 0.5) is 4.79 Å². The topological polar surface area (TPSA) is 94.3 Å². The molecule has 1 heterocycles. The maximum atomic E-state index is 12.1. The Morgan fingerprint density at radius 2 is 1.84 bits per heavy atom. The summed E-state index contributed by atoms with van der Waals surface area (Å²) in [7, 11) is 0. The number of unbranched alkanes of at least 4 members (excludes halogenated alkanes) is 1. The van der Waals surface area contributed by atoms with Crippen LogP contribution >= 0.6 is 0 Å². The van der Waals surface area contributed by atoms with Crippen LogP contribution in [0.25, 0.3) is 0 Å². The largest absolute Gasteiger partial charge is 0.445 e. The van der Waals surface area contributed by atoms with Crippen molar-refractivity contribution in [2.24, 2.45) is 5.73 Å². The molecule has 0 saturated heterocycles. The van der Waals surface area contributed by atoms with Gasteiger partial charge in [0.05, 0.1) is 6.04 Å². The third-order valence-corrected chi connectivity index (χ3v) is 3.68. The predicted octanol–water partition coefficient (Wildman–Crippen LogP) is 2.69. The second-order valence-corrected chi connectivity index (χ2v) is 5.67. The number of aromatic nitrogens is 1. The Hall–Kier alpha value is -2.73. The van der Waals surface area contributed by atoms with E-state index in [4.69, 9.17) is 10.5 Å². The average Bonchev–Trinajstić information content (AvgIpc) is 2.67. The molecule has 1 unspecified atom stereocenters. The van der Waals surface area contributed by atoms with E-state index < -0.39 is 12.1 Å². The number of benzene rings is 1. The van der Waals surface area contributed by atoms with E-state index in [1.165, 1.54) is 0 Å². The van der Waals surface area contributed by atoms with E-state index in [1.54, 1.807) is 24.4 Å². The Labute approximate surface area is 147 Å². The van der Waals surface area contributed by atoms with Crippen molar-refractivity contribution in [2.45, 2.75) is 31.9 Å². The zero-order chi connectivity index (χ0) is 17.9. The molecule has 2 rings (SSSR count). The van der Waals surface area contributed by atoms with E-state index in [0.717, 1.165) is 18.4 Å². The summed E-state index contributed by atoms with van der Waals surface area (Å²) in [6, 6.07) is 14.1. The summed E-state index contributed by atoms with van der Waals surface area (Å²) < 4.78 is 5.11. The van der Waals surface area contributed by atoms with Crippen molar-refractivity contribution in [1.29, 1.82) is 0 Å². The van der Waals surface area contributed by atoms with Gasteiger partial charge in [-0.25, -0.2) is 4.79 Å². The van der Waals surface area contributed by atoms with E-state index in [0.29, 0.717) is 18.7 Å². The highest BCUT2D eigenvalue weighted by Crippen LogP contribution is 2.05. The Kier molecular flexibility index (Phi) is 7.59. The average molecular weight is 341 g/mol. The van der Waals surface area contributed by atoms with E-state index in [9.17, 15) is 9.59 Å². The van der Waals surface area contributed by atoms with Gasteiger partial charge in [-0.2, -0.15) is 0 Å². The van der Waals surface area contributed by atoms with Gasteiger partial charge in [0.25, 0.3) is 0 Å². The molecule has 0 aliphatic carbocycles. The van der Waals surface area contributed by atoms with Crippen LogP contribution in [0.3, 0.4) is 0 Å². The minimum absolute atomic E-state index is 0.157. The number of nitrogens with zero attached hydrogens (tertiary/aromatic N) is 1. The lowest BCUT2D eigenvalue weighted by Crippen LogP contribution is -2.31. The lowest BCUT2D eigenvalue weighted by molar-refractivity contribution is 0.0950. The van der Waals surface area contributed by atoms with Crippen LogP contribution < -0.4 is 11.1 Å². The third-order valence-electron chi connectivity index (χ3n) is 3.68. The van der Waals surface area contributed by atoms with E-state index >= 15 is 0 Å². The second kappa shape index (κ2) is 10.2. The minimum atomic E-state index is -0.570. The molecule has 0 spiro atoms. The first-order valence-electron chi connectivity index (χ1n) is 8.32. The minimum Gasteiger partial charge on any atom is -0.445 e. The fourth-order valence-corrected chi connectivity index (χ4v) is 2.28. The zero-order valence-electron chi connectivity index (χ0n) is 14.1. The van der Waals surface area contributed by atoms with Crippen LogP contribution in [-0.4, -0.2) is 29.4 Å². The van der Waals surface area contributed by atoms with Crippen molar-refractivity contribution in [3.63, 3.8) is 0 Å². The molecule has 2 aromatic rings. The maximum absolute atomic E-state index is 12.1. The van der Waals surface area contributed by atoms with Crippen molar-refractivity contribution in [2.75, 3.05) is 6.54 Å². The summed E-state index contributed by atoms with van der Waals surface area (Å²) in [6.07, 6.45) is 3.14. The lowest BCUT2D eigenvalue weighted by Gasteiger charge is -2.10. The molecule has 0 fully saturated rings. The molecular formula is C19H23N3O3. The van der Waals surface area contributed by atoms with Gasteiger partial charge in [0, 0.05) is 12.7 Å². The highest BCUT2D eigenvalue weighted by molar-refractivity contribution is 5.98. The Morgan fingerprint density at radius 3 is 2.56 bits per heavy atom. The van der Waals surface area contributed by atoms with Gasteiger partial charge in [0.2, 0.25) is 0 Å². The number of alkyl carbamates (subject to hydrolysis) is 1. The van der Waals surface area contributed by atoms with Crippen LogP contribution in [0.1, 0.15) is 35.3 Å². The van der Waals surface area contributed by atoms with Gasteiger partial charge in [-0.1, -0.05) is 36.4 Å². The molecule has 0 radical (unpaired) electrons. The van der Waals surface area contributed by atoms with Crippen LogP contribution in [0.15, 0.2) is 54.7 Å². The molecule has 0 bridgehead atoms. The molecule has 3 N–H and O–H groups in total.